The lowest BCUT2D eigenvalue weighted by Crippen LogP contribution is -2.35. The number of pyridine rings is 4. The molecule has 5 rings (SSSR count). The molecular weight excluding hydrogens is 542 g/mol. The summed E-state index contributed by atoms with van der Waals surface area (Å²) < 4.78 is 36.0. The predicted octanol–water partition coefficient (Wildman–Crippen LogP) is 4.37. The monoisotopic (exact) mass is 575 g/mol. The summed E-state index contributed by atoms with van der Waals surface area (Å²) in [5.41, 5.74) is 4.50. The number of hydrogen-bond acceptors (Lipinski definition) is 9. The quantitative estimate of drug-likeness (QED) is 0.341. The van der Waals surface area contributed by atoms with Gasteiger partial charge in [0.15, 0.2) is 9.84 Å². The van der Waals surface area contributed by atoms with E-state index >= 15 is 0 Å². The number of sulfone groups is 1. The van der Waals surface area contributed by atoms with E-state index in [4.69, 9.17) is 14.5 Å². The van der Waals surface area contributed by atoms with Crippen molar-refractivity contribution in [1.82, 2.24) is 25.3 Å². The Balaban J connectivity index is 1.30. The Labute approximate surface area is 239 Å². The number of aryl methyl sites for hydroxylation is 2. The van der Waals surface area contributed by atoms with Crippen molar-refractivity contribution in [3.05, 3.63) is 71.4 Å². The molecular formula is C30H33N5O5S. The molecule has 1 aliphatic rings. The second-order valence-electron chi connectivity index (χ2n) is 10.6. The maximum Gasteiger partial charge on any atom is 0.253 e. The maximum atomic E-state index is 12.7. The van der Waals surface area contributed by atoms with E-state index in [9.17, 15) is 13.2 Å². The number of ether oxygens (including phenoxy) is 2. The van der Waals surface area contributed by atoms with E-state index in [1.807, 2.05) is 31.2 Å². The SMILES string of the molecule is Cc1cc(OC2C[C@@H](C)O[C@@H](C)C2)ncc1-c1ccc2cnc(CNC(=O)c3cnc(C)c(S(C)(=O)=O)c3)cc2n1. The summed E-state index contributed by atoms with van der Waals surface area (Å²) in [7, 11) is -3.50. The molecule has 1 N–H and O–H groups in total. The van der Waals surface area contributed by atoms with Gasteiger partial charge in [0.1, 0.15) is 6.10 Å². The van der Waals surface area contributed by atoms with E-state index < -0.39 is 15.7 Å². The number of amides is 1. The number of carbonyl (C=O) groups excluding carboxylic acids is 1. The van der Waals surface area contributed by atoms with Crippen LogP contribution >= 0.6 is 0 Å². The summed E-state index contributed by atoms with van der Waals surface area (Å²) in [4.78, 5) is 30.6. The zero-order chi connectivity index (χ0) is 29.3. The van der Waals surface area contributed by atoms with Crippen LogP contribution in [0.2, 0.25) is 0 Å². The molecule has 1 saturated heterocycles. The van der Waals surface area contributed by atoms with Gasteiger partial charge < -0.3 is 14.8 Å². The molecule has 214 valence electrons. The summed E-state index contributed by atoms with van der Waals surface area (Å²) in [5, 5.41) is 3.64. The van der Waals surface area contributed by atoms with Crippen molar-refractivity contribution in [3.63, 3.8) is 0 Å². The van der Waals surface area contributed by atoms with Crippen molar-refractivity contribution in [2.75, 3.05) is 6.26 Å². The molecule has 11 heteroatoms. The van der Waals surface area contributed by atoms with Crippen LogP contribution in [0.5, 0.6) is 5.88 Å². The van der Waals surface area contributed by atoms with E-state index in [1.165, 1.54) is 12.3 Å². The molecule has 3 atom stereocenters. The Morgan fingerprint density at radius 3 is 2.49 bits per heavy atom. The Morgan fingerprint density at radius 1 is 1.02 bits per heavy atom. The Hall–Kier alpha value is -3.96. The average molecular weight is 576 g/mol. The summed E-state index contributed by atoms with van der Waals surface area (Å²) >= 11 is 0. The van der Waals surface area contributed by atoms with E-state index in [-0.39, 0.29) is 35.3 Å². The highest BCUT2D eigenvalue weighted by molar-refractivity contribution is 7.90. The minimum atomic E-state index is -3.50. The predicted molar refractivity (Wildman–Crippen MR) is 154 cm³/mol. The molecule has 0 aromatic carbocycles. The number of carbonyl (C=O) groups is 1. The molecule has 0 bridgehead atoms. The van der Waals surface area contributed by atoms with Crippen LogP contribution in [-0.4, -0.2) is 58.8 Å². The fourth-order valence-electron chi connectivity index (χ4n) is 5.06. The third kappa shape index (κ3) is 6.68. The van der Waals surface area contributed by atoms with Crippen molar-refractivity contribution in [2.45, 2.75) is 70.3 Å². The lowest BCUT2D eigenvalue weighted by atomic mass is 10.0. The molecule has 1 aliphatic heterocycles. The molecule has 4 aromatic rings. The summed E-state index contributed by atoms with van der Waals surface area (Å²) in [6.07, 6.45) is 8.00. The molecule has 0 aliphatic carbocycles. The van der Waals surface area contributed by atoms with E-state index in [2.05, 4.69) is 34.1 Å². The zero-order valence-corrected chi connectivity index (χ0v) is 24.5. The average Bonchev–Trinajstić information content (AvgIpc) is 2.90. The van der Waals surface area contributed by atoms with Crippen molar-refractivity contribution in [2.24, 2.45) is 0 Å². The first-order chi connectivity index (χ1) is 19.5. The topological polar surface area (TPSA) is 133 Å². The second-order valence-corrected chi connectivity index (χ2v) is 12.6. The van der Waals surface area contributed by atoms with Crippen molar-refractivity contribution in [1.29, 1.82) is 0 Å². The van der Waals surface area contributed by atoms with Gasteiger partial charge >= 0.3 is 0 Å². The van der Waals surface area contributed by atoms with Gasteiger partial charge in [-0.2, -0.15) is 0 Å². The molecule has 10 nitrogen and oxygen atoms in total. The van der Waals surface area contributed by atoms with Crippen LogP contribution in [0.25, 0.3) is 22.2 Å². The molecule has 4 aromatic heterocycles. The fraction of sp³-hybridized carbons (Fsp3) is 0.367. The normalized spacial score (nSPS) is 19.2. The molecule has 0 radical (unpaired) electrons. The van der Waals surface area contributed by atoms with Crippen molar-refractivity contribution >= 4 is 26.6 Å². The van der Waals surface area contributed by atoms with Crippen LogP contribution in [0, 0.1) is 13.8 Å². The third-order valence-electron chi connectivity index (χ3n) is 7.07. The number of hydrogen-bond donors (Lipinski definition) is 1. The van der Waals surface area contributed by atoms with Gasteiger partial charge in [0.2, 0.25) is 5.88 Å². The Morgan fingerprint density at radius 2 is 1.78 bits per heavy atom. The first-order valence-electron chi connectivity index (χ1n) is 13.5. The number of aromatic nitrogens is 4. The number of nitrogens with zero attached hydrogens (tertiary/aromatic N) is 4. The first kappa shape index (κ1) is 28.6. The zero-order valence-electron chi connectivity index (χ0n) is 23.7. The Bertz CT molecular complexity index is 1720. The van der Waals surface area contributed by atoms with Gasteiger partial charge in [-0.05, 0) is 57.5 Å². The highest BCUT2D eigenvalue weighted by atomic mass is 32.2. The minimum Gasteiger partial charge on any atom is -0.474 e. The molecule has 1 unspecified atom stereocenters. The largest absolute Gasteiger partial charge is 0.474 e. The Kier molecular flexibility index (Phi) is 8.01. The van der Waals surface area contributed by atoms with Crippen molar-refractivity contribution < 1.29 is 22.7 Å². The molecule has 41 heavy (non-hydrogen) atoms. The van der Waals surface area contributed by atoms with Gasteiger partial charge in [-0.25, -0.2) is 18.4 Å². The van der Waals surface area contributed by atoms with Gasteiger partial charge in [-0.15, -0.1) is 0 Å². The smallest absolute Gasteiger partial charge is 0.253 e. The molecule has 5 heterocycles. The van der Waals surface area contributed by atoms with Crippen LogP contribution in [0.4, 0.5) is 0 Å². The second kappa shape index (κ2) is 11.5. The van der Waals surface area contributed by atoms with Gasteiger partial charge in [-0.3, -0.25) is 14.8 Å². The number of rotatable bonds is 7. The van der Waals surface area contributed by atoms with E-state index in [0.29, 0.717) is 17.3 Å². The fourth-order valence-corrected chi connectivity index (χ4v) is 5.99. The van der Waals surface area contributed by atoms with Gasteiger partial charge in [0, 0.05) is 54.7 Å². The van der Waals surface area contributed by atoms with Crippen LogP contribution in [-0.2, 0) is 21.1 Å². The highest BCUT2D eigenvalue weighted by Crippen LogP contribution is 2.28. The highest BCUT2D eigenvalue weighted by Gasteiger charge is 2.26. The number of fused-ring (bicyclic) bond motifs is 1. The summed E-state index contributed by atoms with van der Waals surface area (Å²) in [6, 6.07) is 8.98. The van der Waals surface area contributed by atoms with Crippen LogP contribution in [0.3, 0.4) is 0 Å². The van der Waals surface area contributed by atoms with Crippen LogP contribution < -0.4 is 10.1 Å². The third-order valence-corrected chi connectivity index (χ3v) is 8.28. The molecule has 1 fully saturated rings. The lowest BCUT2D eigenvalue weighted by Gasteiger charge is -2.32. The summed E-state index contributed by atoms with van der Waals surface area (Å²) in [6.45, 7) is 7.86. The van der Waals surface area contributed by atoms with Gasteiger partial charge in [-0.1, -0.05) is 0 Å². The van der Waals surface area contributed by atoms with Gasteiger partial charge in [0.05, 0.1) is 51.8 Å². The van der Waals surface area contributed by atoms with Crippen molar-refractivity contribution in [3.8, 4) is 17.1 Å². The lowest BCUT2D eigenvalue weighted by molar-refractivity contribution is -0.0729. The van der Waals surface area contributed by atoms with E-state index in [0.717, 1.165) is 46.8 Å². The van der Waals surface area contributed by atoms with Crippen LogP contribution in [0.15, 0.2) is 53.8 Å². The van der Waals surface area contributed by atoms with Gasteiger partial charge in [0.25, 0.3) is 5.91 Å². The number of nitrogens with one attached hydrogen (secondary N) is 1. The molecule has 0 saturated carbocycles. The molecule has 0 spiro atoms. The molecule has 1 amide bonds. The van der Waals surface area contributed by atoms with Crippen LogP contribution in [0.1, 0.15) is 54.0 Å². The minimum absolute atomic E-state index is 0.0304. The van der Waals surface area contributed by atoms with E-state index in [1.54, 1.807) is 19.3 Å². The summed E-state index contributed by atoms with van der Waals surface area (Å²) in [5.74, 6) is 0.146. The maximum absolute atomic E-state index is 12.7. The first-order valence-corrected chi connectivity index (χ1v) is 15.3. The standard InChI is InChI=1S/C30H33N5O5S/c1-17-8-29(40-24-9-18(2)39-19(3)10-24)33-16-25(17)26-7-6-21-13-32-23(12-27(21)35-26)15-34-30(36)22-11-28(41(5,37)38)20(4)31-14-22/h6-8,11-14,16,18-19,24H,9-10,15H2,1-5H3,(H,34,36)/t18-,19+,24?.